The van der Waals surface area contributed by atoms with Crippen LogP contribution in [0.5, 0.6) is 0 Å². The number of rotatable bonds is 6. The maximum absolute atomic E-state index is 13.7. The van der Waals surface area contributed by atoms with Gasteiger partial charge in [0.05, 0.1) is 11.6 Å². The molecule has 6 nitrogen and oxygen atoms in total. The number of aromatic nitrogens is 1. The Bertz CT molecular complexity index is 774. The third kappa shape index (κ3) is 6.48. The number of amidine groups is 1. The largest absolute Gasteiger partial charge is 0.417 e. The molecule has 1 unspecified atom stereocenters. The molecule has 1 aromatic heterocycles. The molecule has 3 N–H and O–H groups in total. The number of anilines is 1. The van der Waals surface area contributed by atoms with Gasteiger partial charge in [-0.2, -0.15) is 13.2 Å². The summed E-state index contributed by atoms with van der Waals surface area (Å²) in [7, 11) is 1.40. The van der Waals surface area contributed by atoms with Gasteiger partial charge in [0.2, 0.25) is 5.91 Å². The zero-order valence-corrected chi connectivity index (χ0v) is 15.9. The fraction of sp³-hybridized carbons (Fsp3) is 0.500. The first-order valence-corrected chi connectivity index (χ1v) is 8.90. The van der Waals surface area contributed by atoms with Gasteiger partial charge in [-0.1, -0.05) is 0 Å². The predicted octanol–water partition coefficient (Wildman–Crippen LogP) is 3.34. The molecular formula is C18H22F5N5O. The van der Waals surface area contributed by atoms with Gasteiger partial charge in [0.15, 0.2) is 0 Å². The van der Waals surface area contributed by atoms with Crippen molar-refractivity contribution < 1.29 is 26.7 Å². The Morgan fingerprint density at radius 1 is 1.38 bits per heavy atom. The van der Waals surface area contributed by atoms with Crippen molar-refractivity contribution in [1.29, 1.82) is 0 Å². The van der Waals surface area contributed by atoms with Gasteiger partial charge in [-0.05, 0) is 31.9 Å². The van der Waals surface area contributed by atoms with Crippen molar-refractivity contribution in [2.75, 3.05) is 18.9 Å². The molecule has 1 aromatic rings. The minimum Gasteiger partial charge on any atom is -0.355 e. The monoisotopic (exact) mass is 419 g/mol. The molecule has 0 saturated heterocycles. The van der Waals surface area contributed by atoms with E-state index in [-0.39, 0.29) is 30.2 Å². The molecule has 11 heteroatoms. The van der Waals surface area contributed by atoms with Gasteiger partial charge in [-0.15, -0.1) is 0 Å². The summed E-state index contributed by atoms with van der Waals surface area (Å²) >= 11 is 0. The van der Waals surface area contributed by atoms with E-state index in [1.165, 1.54) is 20.2 Å². The third-order valence-corrected chi connectivity index (χ3v) is 4.38. The van der Waals surface area contributed by atoms with Gasteiger partial charge in [0, 0.05) is 38.0 Å². The number of nitrogens with zero attached hydrogens (tertiary/aromatic N) is 2. The molecule has 1 atom stereocenters. The fourth-order valence-corrected chi connectivity index (χ4v) is 2.78. The van der Waals surface area contributed by atoms with Crippen LogP contribution >= 0.6 is 0 Å². The van der Waals surface area contributed by atoms with Gasteiger partial charge in [0.25, 0.3) is 5.92 Å². The van der Waals surface area contributed by atoms with E-state index in [1.807, 2.05) is 0 Å². The Morgan fingerprint density at radius 3 is 2.62 bits per heavy atom. The van der Waals surface area contributed by atoms with Crippen LogP contribution in [0.25, 0.3) is 0 Å². The van der Waals surface area contributed by atoms with E-state index in [0.29, 0.717) is 19.0 Å². The molecule has 0 spiro atoms. The lowest BCUT2D eigenvalue weighted by Crippen LogP contribution is -2.42. The van der Waals surface area contributed by atoms with E-state index in [0.717, 1.165) is 12.1 Å². The summed E-state index contributed by atoms with van der Waals surface area (Å²) in [5.41, 5.74) is -0.744. The minimum absolute atomic E-state index is 0.102. The SMILES string of the molecule is CNC(=O)/C(=C/N=C(C)Nc1ccc(C(F)(F)F)cn1)CNC1CCCC1(F)F. The molecule has 1 aliphatic rings. The van der Waals surface area contributed by atoms with Gasteiger partial charge in [0.1, 0.15) is 11.7 Å². The fourth-order valence-electron chi connectivity index (χ4n) is 2.78. The van der Waals surface area contributed by atoms with Gasteiger partial charge in [-0.25, -0.2) is 18.8 Å². The van der Waals surface area contributed by atoms with Crippen molar-refractivity contribution in [2.24, 2.45) is 4.99 Å². The molecule has 160 valence electrons. The maximum atomic E-state index is 13.7. The van der Waals surface area contributed by atoms with Gasteiger partial charge < -0.3 is 16.0 Å². The number of hydrogen-bond donors (Lipinski definition) is 3. The third-order valence-electron chi connectivity index (χ3n) is 4.38. The van der Waals surface area contributed by atoms with Crippen LogP contribution in [-0.2, 0) is 11.0 Å². The molecule has 1 fully saturated rings. The van der Waals surface area contributed by atoms with E-state index < -0.39 is 29.6 Å². The number of alkyl halides is 5. The summed E-state index contributed by atoms with van der Waals surface area (Å²) in [4.78, 5) is 19.7. The summed E-state index contributed by atoms with van der Waals surface area (Å²) in [6.07, 6.45) is -2.05. The topological polar surface area (TPSA) is 78.4 Å². The van der Waals surface area contributed by atoms with Crippen LogP contribution in [0.15, 0.2) is 35.1 Å². The minimum atomic E-state index is -4.48. The molecule has 1 aliphatic carbocycles. The Morgan fingerprint density at radius 2 is 2.10 bits per heavy atom. The molecule has 1 saturated carbocycles. The maximum Gasteiger partial charge on any atom is 0.417 e. The first kappa shape index (κ1) is 22.7. The highest BCUT2D eigenvalue weighted by Gasteiger charge is 2.43. The second-order valence-electron chi connectivity index (χ2n) is 6.59. The van der Waals surface area contributed by atoms with Crippen molar-refractivity contribution in [3.63, 3.8) is 0 Å². The van der Waals surface area contributed by atoms with E-state index in [4.69, 9.17) is 0 Å². The molecule has 0 aliphatic heterocycles. The Kier molecular flexibility index (Phi) is 7.28. The second-order valence-corrected chi connectivity index (χ2v) is 6.59. The lowest BCUT2D eigenvalue weighted by atomic mass is 10.2. The molecule has 0 bridgehead atoms. The molecule has 29 heavy (non-hydrogen) atoms. The van der Waals surface area contributed by atoms with Crippen LogP contribution < -0.4 is 16.0 Å². The Hall–Kier alpha value is -2.56. The summed E-state index contributed by atoms with van der Waals surface area (Å²) in [6.45, 7) is 1.42. The van der Waals surface area contributed by atoms with Crippen LogP contribution in [0.2, 0.25) is 0 Å². The quantitative estimate of drug-likeness (QED) is 0.286. The van der Waals surface area contributed by atoms with Crippen LogP contribution in [-0.4, -0.2) is 42.3 Å². The van der Waals surface area contributed by atoms with Gasteiger partial charge >= 0.3 is 6.18 Å². The van der Waals surface area contributed by atoms with E-state index in [1.54, 1.807) is 0 Å². The molecular weight excluding hydrogens is 397 g/mol. The summed E-state index contributed by atoms with van der Waals surface area (Å²) in [5.74, 6) is -2.91. The average molecular weight is 419 g/mol. The molecule has 0 radical (unpaired) electrons. The number of hydrogen-bond acceptors (Lipinski definition) is 4. The lowest BCUT2D eigenvalue weighted by molar-refractivity contribution is -0.137. The lowest BCUT2D eigenvalue weighted by Gasteiger charge is -2.20. The first-order chi connectivity index (χ1) is 13.5. The standard InChI is InChI=1S/C18H22F5N5O/c1-11(28-15-6-5-13(10-27-15)18(21,22)23)25-8-12(16(29)24-2)9-26-14-4-3-7-17(14,19)20/h5-6,8,10,14,26H,3-4,7,9H2,1-2H3,(H,24,29)(H,25,27,28)/b12-8+. The number of pyridine rings is 1. The number of likely N-dealkylation sites (N-methyl/N-ethyl adjacent to an activating group) is 1. The van der Waals surface area contributed by atoms with Crippen LogP contribution in [0.4, 0.5) is 27.8 Å². The van der Waals surface area contributed by atoms with Gasteiger partial charge in [-0.3, -0.25) is 4.79 Å². The summed E-state index contributed by atoms with van der Waals surface area (Å²) in [6, 6.07) is 1.02. The number of aliphatic imine (C=N–C) groups is 1. The van der Waals surface area contributed by atoms with E-state index in [2.05, 4.69) is 25.9 Å². The zero-order valence-electron chi connectivity index (χ0n) is 15.9. The summed E-state index contributed by atoms with van der Waals surface area (Å²) in [5, 5.41) is 7.80. The van der Waals surface area contributed by atoms with Crippen LogP contribution in [0, 0.1) is 0 Å². The van der Waals surface area contributed by atoms with Crippen molar-refractivity contribution in [1.82, 2.24) is 15.6 Å². The van der Waals surface area contributed by atoms with Crippen molar-refractivity contribution in [2.45, 2.75) is 44.3 Å². The molecule has 1 amide bonds. The number of nitrogens with one attached hydrogen (secondary N) is 3. The molecule has 0 aromatic carbocycles. The van der Waals surface area contributed by atoms with Crippen LogP contribution in [0.1, 0.15) is 31.7 Å². The molecule has 1 heterocycles. The highest BCUT2D eigenvalue weighted by Crippen LogP contribution is 2.35. The average Bonchev–Trinajstić information content (AvgIpc) is 2.99. The zero-order chi connectivity index (χ0) is 21.7. The van der Waals surface area contributed by atoms with E-state index in [9.17, 15) is 26.7 Å². The van der Waals surface area contributed by atoms with E-state index >= 15 is 0 Å². The number of halogens is 5. The first-order valence-electron chi connectivity index (χ1n) is 8.90. The summed E-state index contributed by atoms with van der Waals surface area (Å²) < 4.78 is 65.1. The van der Waals surface area contributed by atoms with Crippen LogP contribution in [0.3, 0.4) is 0 Å². The number of carbonyl (C=O) groups excluding carboxylic acids is 1. The number of carbonyl (C=O) groups is 1. The highest BCUT2D eigenvalue weighted by atomic mass is 19.4. The Balaban J connectivity index is 2.04. The Labute approximate surface area is 164 Å². The highest BCUT2D eigenvalue weighted by molar-refractivity contribution is 5.96. The van der Waals surface area contributed by atoms with Crippen molar-refractivity contribution >= 4 is 17.6 Å². The molecule has 2 rings (SSSR count). The number of amides is 1. The predicted molar refractivity (Wildman–Crippen MR) is 98.7 cm³/mol. The second kappa shape index (κ2) is 9.29. The van der Waals surface area contributed by atoms with Crippen molar-refractivity contribution in [3.8, 4) is 0 Å². The van der Waals surface area contributed by atoms with Crippen molar-refractivity contribution in [3.05, 3.63) is 35.7 Å². The smallest absolute Gasteiger partial charge is 0.355 e. The normalized spacial score (nSPS) is 19.9.